The van der Waals surface area contributed by atoms with Crippen LogP contribution in [0.4, 0.5) is 0 Å². The van der Waals surface area contributed by atoms with Crippen molar-refractivity contribution < 1.29 is 4.74 Å². The first-order chi connectivity index (χ1) is 9.26. The van der Waals surface area contributed by atoms with Gasteiger partial charge in [0.15, 0.2) is 0 Å². The Morgan fingerprint density at radius 1 is 1.37 bits per heavy atom. The summed E-state index contributed by atoms with van der Waals surface area (Å²) in [6.07, 6.45) is 1.13. The molecule has 4 heteroatoms. The van der Waals surface area contributed by atoms with E-state index in [-0.39, 0.29) is 0 Å². The zero-order valence-corrected chi connectivity index (χ0v) is 12.5. The zero-order valence-electron chi connectivity index (χ0n) is 11.6. The Morgan fingerprint density at radius 2 is 2.16 bits per heavy atom. The van der Waals surface area contributed by atoms with E-state index >= 15 is 0 Å². The number of hydrogen-bond acceptors (Lipinski definition) is 4. The number of benzene rings is 1. The summed E-state index contributed by atoms with van der Waals surface area (Å²) in [6, 6.07) is 8.29. The highest BCUT2D eigenvalue weighted by molar-refractivity contribution is 7.13. The van der Waals surface area contributed by atoms with Gasteiger partial charge in [0.05, 0.1) is 18.4 Å². The van der Waals surface area contributed by atoms with Gasteiger partial charge in [-0.2, -0.15) is 0 Å². The van der Waals surface area contributed by atoms with Gasteiger partial charge in [0.25, 0.3) is 0 Å². The van der Waals surface area contributed by atoms with E-state index < -0.39 is 0 Å². The summed E-state index contributed by atoms with van der Waals surface area (Å²) < 4.78 is 5.39. The van der Waals surface area contributed by atoms with Crippen LogP contribution in [0, 0.1) is 0 Å². The van der Waals surface area contributed by atoms with Gasteiger partial charge < -0.3 is 10.1 Å². The molecule has 0 saturated carbocycles. The second kappa shape index (κ2) is 6.68. The second-order valence-corrected chi connectivity index (χ2v) is 5.31. The molecule has 2 aromatic rings. The van der Waals surface area contributed by atoms with Gasteiger partial charge >= 0.3 is 0 Å². The Kier molecular flexibility index (Phi) is 4.93. The van der Waals surface area contributed by atoms with Crippen LogP contribution in [0.5, 0.6) is 5.75 Å². The van der Waals surface area contributed by atoms with E-state index in [1.807, 2.05) is 24.3 Å². The van der Waals surface area contributed by atoms with Gasteiger partial charge in [-0.3, -0.25) is 0 Å². The molecule has 1 unspecified atom stereocenters. The number of nitrogens with zero attached hydrogens (tertiary/aromatic N) is 1. The topological polar surface area (TPSA) is 34.1 Å². The van der Waals surface area contributed by atoms with Crippen molar-refractivity contribution >= 4 is 11.3 Å². The van der Waals surface area contributed by atoms with E-state index in [4.69, 9.17) is 9.72 Å². The first-order valence-electron chi connectivity index (χ1n) is 6.58. The van der Waals surface area contributed by atoms with Crippen LogP contribution < -0.4 is 10.1 Å². The van der Waals surface area contributed by atoms with E-state index in [1.165, 1.54) is 0 Å². The zero-order chi connectivity index (χ0) is 13.7. The minimum Gasteiger partial charge on any atom is -0.496 e. The largest absolute Gasteiger partial charge is 0.496 e. The SMILES string of the molecule is CCCNC(C)c1csc(-c2ccccc2OC)n1. The van der Waals surface area contributed by atoms with Crippen molar-refractivity contribution in [2.24, 2.45) is 0 Å². The highest BCUT2D eigenvalue weighted by atomic mass is 32.1. The molecular formula is C15H20N2OS. The van der Waals surface area contributed by atoms with Crippen molar-refractivity contribution in [3.8, 4) is 16.3 Å². The van der Waals surface area contributed by atoms with Gasteiger partial charge in [-0.1, -0.05) is 19.1 Å². The van der Waals surface area contributed by atoms with E-state index in [0.717, 1.165) is 35.0 Å². The molecule has 1 aromatic carbocycles. The highest BCUT2D eigenvalue weighted by Crippen LogP contribution is 2.32. The van der Waals surface area contributed by atoms with Crippen LogP contribution in [-0.2, 0) is 0 Å². The number of aromatic nitrogens is 1. The summed E-state index contributed by atoms with van der Waals surface area (Å²) in [5.74, 6) is 0.873. The minimum absolute atomic E-state index is 0.291. The third-order valence-electron chi connectivity index (χ3n) is 3.00. The average molecular weight is 276 g/mol. The lowest BCUT2D eigenvalue weighted by Gasteiger charge is -2.10. The number of methoxy groups -OCH3 is 1. The number of hydrogen-bond donors (Lipinski definition) is 1. The average Bonchev–Trinajstić information content (AvgIpc) is 2.94. The van der Waals surface area contributed by atoms with Crippen molar-refractivity contribution in [3.05, 3.63) is 35.3 Å². The molecule has 3 nitrogen and oxygen atoms in total. The number of rotatable bonds is 6. The molecule has 1 aromatic heterocycles. The normalized spacial score (nSPS) is 12.4. The third-order valence-corrected chi connectivity index (χ3v) is 3.90. The van der Waals surface area contributed by atoms with Crippen LogP contribution in [-0.4, -0.2) is 18.6 Å². The molecule has 0 saturated heterocycles. The maximum atomic E-state index is 5.39. The Labute approximate surface area is 118 Å². The van der Waals surface area contributed by atoms with Crippen molar-refractivity contribution in [1.82, 2.24) is 10.3 Å². The fourth-order valence-electron chi connectivity index (χ4n) is 1.90. The van der Waals surface area contributed by atoms with Gasteiger partial charge in [-0.15, -0.1) is 11.3 Å². The third kappa shape index (κ3) is 3.33. The Balaban J connectivity index is 2.20. The molecule has 0 aliphatic carbocycles. The lowest BCUT2D eigenvalue weighted by molar-refractivity contribution is 0.416. The fraction of sp³-hybridized carbons (Fsp3) is 0.400. The van der Waals surface area contributed by atoms with Crippen LogP contribution in [0.25, 0.3) is 10.6 Å². The number of para-hydroxylation sites is 1. The van der Waals surface area contributed by atoms with Crippen LogP contribution >= 0.6 is 11.3 Å². The van der Waals surface area contributed by atoms with Gasteiger partial charge in [0.2, 0.25) is 0 Å². The van der Waals surface area contributed by atoms with Crippen LogP contribution in [0.1, 0.15) is 32.0 Å². The molecule has 0 radical (unpaired) electrons. The quantitative estimate of drug-likeness (QED) is 0.869. The molecule has 2 rings (SSSR count). The van der Waals surface area contributed by atoms with Crippen molar-refractivity contribution in [2.75, 3.05) is 13.7 Å². The molecule has 0 aliphatic rings. The van der Waals surface area contributed by atoms with Crippen LogP contribution in [0.2, 0.25) is 0 Å². The van der Waals surface area contributed by atoms with Gasteiger partial charge in [-0.05, 0) is 32.0 Å². The molecule has 1 atom stereocenters. The summed E-state index contributed by atoms with van der Waals surface area (Å²) in [5, 5.41) is 6.59. The summed E-state index contributed by atoms with van der Waals surface area (Å²) in [4.78, 5) is 4.72. The van der Waals surface area contributed by atoms with E-state index in [2.05, 4.69) is 24.5 Å². The maximum absolute atomic E-state index is 5.39. The predicted octanol–water partition coefficient (Wildman–Crippen LogP) is 3.88. The van der Waals surface area contributed by atoms with E-state index in [0.29, 0.717) is 6.04 Å². The van der Waals surface area contributed by atoms with Gasteiger partial charge in [-0.25, -0.2) is 4.98 Å². The smallest absolute Gasteiger partial charge is 0.129 e. The summed E-state index contributed by atoms with van der Waals surface area (Å²) in [7, 11) is 1.69. The van der Waals surface area contributed by atoms with Crippen molar-refractivity contribution in [3.63, 3.8) is 0 Å². The Bertz CT molecular complexity index is 524. The predicted molar refractivity (Wildman–Crippen MR) is 80.8 cm³/mol. The lowest BCUT2D eigenvalue weighted by atomic mass is 10.2. The molecule has 1 heterocycles. The first kappa shape index (κ1) is 14.0. The monoisotopic (exact) mass is 276 g/mol. The number of thiazole rings is 1. The Morgan fingerprint density at radius 3 is 2.89 bits per heavy atom. The van der Waals surface area contributed by atoms with E-state index in [1.54, 1.807) is 18.4 Å². The van der Waals surface area contributed by atoms with Crippen LogP contribution in [0.3, 0.4) is 0 Å². The fourth-order valence-corrected chi connectivity index (χ4v) is 2.84. The summed E-state index contributed by atoms with van der Waals surface area (Å²) >= 11 is 1.66. The van der Waals surface area contributed by atoms with Crippen LogP contribution in [0.15, 0.2) is 29.6 Å². The molecule has 0 aliphatic heterocycles. The summed E-state index contributed by atoms with van der Waals surface area (Å²) in [5.41, 5.74) is 2.16. The van der Waals surface area contributed by atoms with E-state index in [9.17, 15) is 0 Å². The number of ether oxygens (including phenoxy) is 1. The molecule has 0 spiro atoms. The van der Waals surface area contributed by atoms with Gasteiger partial charge in [0.1, 0.15) is 10.8 Å². The molecule has 1 N–H and O–H groups in total. The first-order valence-corrected chi connectivity index (χ1v) is 7.46. The summed E-state index contributed by atoms with van der Waals surface area (Å²) in [6.45, 7) is 5.33. The Hall–Kier alpha value is -1.39. The van der Waals surface area contributed by atoms with Crippen molar-refractivity contribution in [1.29, 1.82) is 0 Å². The molecule has 0 amide bonds. The standard InChI is InChI=1S/C15H20N2OS/c1-4-9-16-11(2)13-10-19-15(17-13)12-7-5-6-8-14(12)18-3/h5-8,10-11,16H,4,9H2,1-3H3. The molecule has 0 fully saturated rings. The molecule has 19 heavy (non-hydrogen) atoms. The molecule has 0 bridgehead atoms. The number of nitrogens with one attached hydrogen (secondary N) is 1. The second-order valence-electron chi connectivity index (χ2n) is 4.45. The molecular weight excluding hydrogens is 256 g/mol. The lowest BCUT2D eigenvalue weighted by Crippen LogP contribution is -2.19. The minimum atomic E-state index is 0.291. The maximum Gasteiger partial charge on any atom is 0.129 e. The molecule has 102 valence electrons. The van der Waals surface area contributed by atoms with Crippen molar-refractivity contribution in [2.45, 2.75) is 26.3 Å². The highest BCUT2D eigenvalue weighted by Gasteiger charge is 2.12. The van der Waals surface area contributed by atoms with Gasteiger partial charge in [0, 0.05) is 11.4 Å².